The van der Waals surface area contributed by atoms with Gasteiger partial charge in [-0.05, 0) is 23.6 Å². The number of aromatic nitrogens is 1. The van der Waals surface area contributed by atoms with Gasteiger partial charge >= 0.3 is 0 Å². The van der Waals surface area contributed by atoms with Crippen LogP contribution in [0.3, 0.4) is 0 Å². The van der Waals surface area contributed by atoms with E-state index in [1.54, 1.807) is 12.1 Å². The van der Waals surface area contributed by atoms with E-state index in [0.717, 1.165) is 25.3 Å². The highest BCUT2D eigenvalue weighted by molar-refractivity contribution is 7.13. The van der Waals surface area contributed by atoms with Crippen molar-refractivity contribution in [3.8, 4) is 0 Å². The smallest absolute Gasteiger partial charge is 0.257 e. The first-order valence-electron chi connectivity index (χ1n) is 9.17. The van der Waals surface area contributed by atoms with E-state index < -0.39 is 0 Å². The molecule has 27 heavy (non-hydrogen) atoms. The number of rotatable bonds is 8. The molecule has 0 radical (unpaired) electrons. The van der Waals surface area contributed by atoms with Crippen molar-refractivity contribution in [1.82, 2.24) is 9.88 Å². The standard InChI is InChI=1S/C22H25N3OS/c1-17(2)13-25(14-18-9-5-3-6-10-18)15-20-16-27-22(23-20)24-21(26)19-11-7-4-8-12-19/h3-12,16-17H,13-15H2,1-2H3,(H,23,24,26). The van der Waals surface area contributed by atoms with Gasteiger partial charge in [0.2, 0.25) is 0 Å². The van der Waals surface area contributed by atoms with Crippen molar-refractivity contribution in [2.24, 2.45) is 5.92 Å². The minimum absolute atomic E-state index is 0.125. The molecule has 0 aliphatic carbocycles. The topological polar surface area (TPSA) is 45.2 Å². The molecule has 3 aromatic rings. The predicted molar refractivity (Wildman–Crippen MR) is 112 cm³/mol. The van der Waals surface area contributed by atoms with E-state index >= 15 is 0 Å². The Kier molecular flexibility index (Phi) is 6.74. The Bertz CT molecular complexity index is 846. The number of carbonyl (C=O) groups is 1. The summed E-state index contributed by atoms with van der Waals surface area (Å²) in [4.78, 5) is 19.3. The highest BCUT2D eigenvalue weighted by Crippen LogP contribution is 2.19. The van der Waals surface area contributed by atoms with E-state index in [4.69, 9.17) is 0 Å². The third-order valence-corrected chi connectivity index (χ3v) is 4.87. The summed E-state index contributed by atoms with van der Waals surface area (Å²) in [5, 5.41) is 5.56. The summed E-state index contributed by atoms with van der Waals surface area (Å²) in [5.41, 5.74) is 2.92. The molecule has 0 fully saturated rings. The summed E-state index contributed by atoms with van der Waals surface area (Å²) >= 11 is 1.47. The zero-order chi connectivity index (χ0) is 19.1. The van der Waals surface area contributed by atoms with E-state index in [1.807, 2.05) is 29.6 Å². The van der Waals surface area contributed by atoms with Gasteiger partial charge in [-0.3, -0.25) is 15.0 Å². The summed E-state index contributed by atoms with van der Waals surface area (Å²) in [5.74, 6) is 0.449. The average molecular weight is 380 g/mol. The lowest BCUT2D eigenvalue weighted by molar-refractivity contribution is 0.102. The lowest BCUT2D eigenvalue weighted by Gasteiger charge is -2.23. The Morgan fingerprint density at radius 1 is 1.04 bits per heavy atom. The van der Waals surface area contributed by atoms with Gasteiger partial charge in [0.05, 0.1) is 5.69 Å². The normalized spacial score (nSPS) is 11.1. The fourth-order valence-electron chi connectivity index (χ4n) is 2.97. The number of hydrogen-bond donors (Lipinski definition) is 1. The van der Waals surface area contributed by atoms with E-state index in [1.165, 1.54) is 16.9 Å². The molecule has 3 rings (SSSR count). The van der Waals surface area contributed by atoms with Gasteiger partial charge in [-0.1, -0.05) is 62.4 Å². The zero-order valence-corrected chi connectivity index (χ0v) is 16.6. The molecule has 0 atom stereocenters. The highest BCUT2D eigenvalue weighted by Gasteiger charge is 2.13. The quantitative estimate of drug-likeness (QED) is 0.595. The summed E-state index contributed by atoms with van der Waals surface area (Å²) in [7, 11) is 0. The van der Waals surface area contributed by atoms with E-state index in [0.29, 0.717) is 16.6 Å². The fourth-order valence-corrected chi connectivity index (χ4v) is 3.66. The number of amides is 1. The predicted octanol–water partition coefficient (Wildman–Crippen LogP) is 5.05. The maximum atomic E-state index is 12.3. The molecule has 0 saturated carbocycles. The molecule has 0 saturated heterocycles. The van der Waals surface area contributed by atoms with Crippen molar-refractivity contribution >= 4 is 22.4 Å². The molecule has 4 nitrogen and oxygen atoms in total. The molecule has 1 heterocycles. The van der Waals surface area contributed by atoms with Crippen molar-refractivity contribution in [3.05, 3.63) is 82.9 Å². The van der Waals surface area contributed by atoms with Crippen LogP contribution in [0, 0.1) is 5.92 Å². The van der Waals surface area contributed by atoms with Crippen molar-refractivity contribution < 1.29 is 4.79 Å². The van der Waals surface area contributed by atoms with Crippen LogP contribution >= 0.6 is 11.3 Å². The Morgan fingerprint density at radius 2 is 1.70 bits per heavy atom. The first-order valence-corrected chi connectivity index (χ1v) is 10.0. The highest BCUT2D eigenvalue weighted by atomic mass is 32.1. The number of nitrogens with one attached hydrogen (secondary N) is 1. The Labute approximate surface area is 164 Å². The van der Waals surface area contributed by atoms with Crippen molar-refractivity contribution in [2.45, 2.75) is 26.9 Å². The first-order chi connectivity index (χ1) is 13.1. The second-order valence-electron chi connectivity index (χ2n) is 7.01. The van der Waals surface area contributed by atoms with E-state index in [2.05, 4.69) is 53.3 Å². The zero-order valence-electron chi connectivity index (χ0n) is 15.8. The lowest BCUT2D eigenvalue weighted by atomic mass is 10.1. The molecule has 1 aromatic heterocycles. The first kappa shape index (κ1) is 19.3. The van der Waals surface area contributed by atoms with E-state index in [-0.39, 0.29) is 5.91 Å². The fraction of sp³-hybridized carbons (Fsp3) is 0.273. The van der Waals surface area contributed by atoms with Crippen LogP contribution in [0.5, 0.6) is 0 Å². The molecule has 2 aromatic carbocycles. The van der Waals surface area contributed by atoms with Crippen LogP contribution in [0.2, 0.25) is 0 Å². The van der Waals surface area contributed by atoms with Crippen LogP contribution in [0.25, 0.3) is 0 Å². The van der Waals surface area contributed by atoms with Crippen molar-refractivity contribution in [2.75, 3.05) is 11.9 Å². The Morgan fingerprint density at radius 3 is 2.37 bits per heavy atom. The van der Waals surface area contributed by atoms with Gasteiger partial charge in [-0.2, -0.15) is 0 Å². The van der Waals surface area contributed by atoms with Gasteiger partial charge in [-0.15, -0.1) is 11.3 Å². The average Bonchev–Trinajstić information content (AvgIpc) is 3.09. The van der Waals surface area contributed by atoms with Crippen LogP contribution < -0.4 is 5.32 Å². The number of hydrogen-bond acceptors (Lipinski definition) is 4. The van der Waals surface area contributed by atoms with Gasteiger partial charge in [0, 0.05) is 30.6 Å². The minimum Gasteiger partial charge on any atom is -0.298 e. The molecule has 0 aliphatic rings. The second-order valence-corrected chi connectivity index (χ2v) is 7.87. The molecule has 1 N–H and O–H groups in total. The van der Waals surface area contributed by atoms with Gasteiger partial charge in [0.15, 0.2) is 5.13 Å². The molecule has 0 unspecified atom stereocenters. The SMILES string of the molecule is CC(C)CN(Cc1ccccc1)Cc1csc(NC(=O)c2ccccc2)n1. The van der Waals surface area contributed by atoms with Crippen LogP contribution in [-0.4, -0.2) is 22.3 Å². The van der Waals surface area contributed by atoms with E-state index in [9.17, 15) is 4.79 Å². The largest absolute Gasteiger partial charge is 0.298 e. The third-order valence-electron chi connectivity index (χ3n) is 4.07. The molecule has 5 heteroatoms. The van der Waals surface area contributed by atoms with Gasteiger partial charge < -0.3 is 0 Å². The monoisotopic (exact) mass is 379 g/mol. The number of carbonyl (C=O) groups excluding carboxylic acids is 1. The van der Waals surface area contributed by atoms with Crippen LogP contribution in [0.1, 0.15) is 35.5 Å². The number of thiazole rings is 1. The minimum atomic E-state index is -0.125. The summed E-state index contributed by atoms with van der Waals surface area (Å²) in [6, 6.07) is 19.7. The van der Waals surface area contributed by atoms with Crippen molar-refractivity contribution in [3.63, 3.8) is 0 Å². The van der Waals surface area contributed by atoms with Gasteiger partial charge in [0.1, 0.15) is 0 Å². The number of benzene rings is 2. The Balaban J connectivity index is 1.64. The molecule has 0 bridgehead atoms. The maximum Gasteiger partial charge on any atom is 0.257 e. The third kappa shape index (κ3) is 6.01. The van der Waals surface area contributed by atoms with Crippen LogP contribution in [0.15, 0.2) is 66.0 Å². The number of anilines is 1. The number of nitrogens with zero attached hydrogens (tertiary/aromatic N) is 2. The van der Waals surface area contributed by atoms with Crippen LogP contribution in [0.4, 0.5) is 5.13 Å². The van der Waals surface area contributed by atoms with Gasteiger partial charge in [0.25, 0.3) is 5.91 Å². The molecule has 140 valence electrons. The summed E-state index contributed by atoms with van der Waals surface area (Å²) < 4.78 is 0. The van der Waals surface area contributed by atoms with Crippen LogP contribution in [-0.2, 0) is 13.1 Å². The second kappa shape index (κ2) is 9.44. The summed E-state index contributed by atoms with van der Waals surface area (Å²) in [6.45, 7) is 7.11. The van der Waals surface area contributed by atoms with Crippen molar-refractivity contribution in [1.29, 1.82) is 0 Å². The molecular weight excluding hydrogens is 354 g/mol. The summed E-state index contributed by atoms with van der Waals surface area (Å²) in [6.07, 6.45) is 0. The molecular formula is C22H25N3OS. The lowest BCUT2D eigenvalue weighted by Crippen LogP contribution is -2.27. The molecule has 0 spiro atoms. The Hall–Kier alpha value is -2.50. The van der Waals surface area contributed by atoms with Gasteiger partial charge in [-0.25, -0.2) is 4.98 Å². The maximum absolute atomic E-state index is 12.3. The molecule has 1 amide bonds. The molecule has 0 aliphatic heterocycles.